The highest BCUT2D eigenvalue weighted by Gasteiger charge is 2.22. The summed E-state index contributed by atoms with van der Waals surface area (Å²) in [6.07, 6.45) is 2.85. The molecule has 1 aliphatic heterocycles. The Kier molecular flexibility index (Phi) is 6.25. The minimum Gasteiger partial charge on any atom is -0.450 e. The largest absolute Gasteiger partial charge is 0.450 e. The molecule has 118 valence electrons. The quantitative estimate of drug-likeness (QED) is 0.873. The van der Waals surface area contributed by atoms with Crippen molar-refractivity contribution in [3.63, 3.8) is 0 Å². The van der Waals surface area contributed by atoms with Crippen LogP contribution in [0.25, 0.3) is 0 Å². The average molecular weight is 312 g/mol. The Morgan fingerprint density at radius 3 is 2.81 bits per heavy atom. The summed E-state index contributed by atoms with van der Waals surface area (Å²) in [6.45, 7) is 9.52. The molecule has 2 rings (SSSR count). The van der Waals surface area contributed by atoms with Gasteiger partial charge in [-0.25, -0.2) is 9.78 Å². The number of piperazine rings is 1. The molecule has 21 heavy (non-hydrogen) atoms. The van der Waals surface area contributed by atoms with Crippen LogP contribution < -0.4 is 5.32 Å². The molecule has 1 N–H and O–H groups in total. The minimum absolute atomic E-state index is 0.194. The maximum Gasteiger partial charge on any atom is 0.409 e. The van der Waals surface area contributed by atoms with E-state index in [4.69, 9.17) is 4.74 Å². The molecule has 2 heterocycles. The molecule has 6 nitrogen and oxygen atoms in total. The zero-order valence-corrected chi connectivity index (χ0v) is 13.6. The Hall–Kier alpha value is -1.34. The van der Waals surface area contributed by atoms with E-state index in [9.17, 15) is 4.79 Å². The van der Waals surface area contributed by atoms with E-state index in [1.807, 2.05) is 13.1 Å². The maximum absolute atomic E-state index is 11.6. The number of ether oxygens (including phenoxy) is 1. The van der Waals surface area contributed by atoms with Gasteiger partial charge >= 0.3 is 6.09 Å². The lowest BCUT2D eigenvalue weighted by molar-refractivity contribution is 0.0781. The van der Waals surface area contributed by atoms with Crippen molar-refractivity contribution < 1.29 is 9.53 Å². The average Bonchev–Trinajstić information content (AvgIpc) is 2.93. The van der Waals surface area contributed by atoms with Crippen LogP contribution in [-0.4, -0.2) is 60.2 Å². The fraction of sp³-hybridized carbons (Fsp3) is 0.714. The molecule has 0 atom stereocenters. The molecule has 0 unspecified atom stereocenters. The highest BCUT2D eigenvalue weighted by Crippen LogP contribution is 2.20. The van der Waals surface area contributed by atoms with Crippen molar-refractivity contribution in [1.29, 1.82) is 0 Å². The van der Waals surface area contributed by atoms with Crippen LogP contribution in [0.2, 0.25) is 0 Å². The number of rotatable bonds is 6. The van der Waals surface area contributed by atoms with Crippen LogP contribution in [0.3, 0.4) is 0 Å². The van der Waals surface area contributed by atoms with Gasteiger partial charge in [0.1, 0.15) is 0 Å². The van der Waals surface area contributed by atoms with Gasteiger partial charge in [-0.2, -0.15) is 0 Å². The van der Waals surface area contributed by atoms with Crippen molar-refractivity contribution in [1.82, 2.24) is 14.8 Å². The van der Waals surface area contributed by atoms with Crippen LogP contribution in [0.15, 0.2) is 6.20 Å². The van der Waals surface area contributed by atoms with E-state index in [0.717, 1.165) is 50.8 Å². The third-order valence-electron chi connectivity index (χ3n) is 3.36. The third kappa shape index (κ3) is 4.86. The van der Waals surface area contributed by atoms with Crippen molar-refractivity contribution in [2.24, 2.45) is 0 Å². The number of hydrogen-bond donors (Lipinski definition) is 1. The number of carbonyl (C=O) groups is 1. The second kappa shape index (κ2) is 8.19. The van der Waals surface area contributed by atoms with Crippen molar-refractivity contribution in [2.75, 3.05) is 44.6 Å². The first-order valence-corrected chi connectivity index (χ1v) is 8.37. The SMILES string of the molecule is CCCNc1ncc(CN2CCN(C(=O)OCC)CC2)s1. The van der Waals surface area contributed by atoms with Crippen molar-refractivity contribution in [2.45, 2.75) is 26.8 Å². The molecule has 0 aromatic carbocycles. The highest BCUT2D eigenvalue weighted by atomic mass is 32.1. The molecule has 7 heteroatoms. The zero-order chi connectivity index (χ0) is 15.1. The van der Waals surface area contributed by atoms with Crippen molar-refractivity contribution in [3.8, 4) is 0 Å². The number of nitrogens with one attached hydrogen (secondary N) is 1. The second-order valence-corrected chi connectivity index (χ2v) is 6.14. The topological polar surface area (TPSA) is 57.7 Å². The number of nitrogens with zero attached hydrogens (tertiary/aromatic N) is 3. The molecule has 1 aromatic heterocycles. The Balaban J connectivity index is 1.75. The molecule has 1 aromatic rings. The Morgan fingerprint density at radius 2 is 2.14 bits per heavy atom. The fourth-order valence-corrected chi connectivity index (χ4v) is 3.10. The van der Waals surface area contributed by atoms with Crippen LogP contribution in [0.1, 0.15) is 25.1 Å². The maximum atomic E-state index is 11.6. The zero-order valence-electron chi connectivity index (χ0n) is 12.8. The first-order chi connectivity index (χ1) is 10.2. The normalized spacial score (nSPS) is 16.0. The molecule has 1 aliphatic rings. The molecule has 1 saturated heterocycles. The predicted molar refractivity (Wildman–Crippen MR) is 84.8 cm³/mol. The molecule has 1 amide bonds. The summed E-state index contributed by atoms with van der Waals surface area (Å²) in [5.74, 6) is 0. The van der Waals surface area contributed by atoms with Gasteiger partial charge in [-0.05, 0) is 13.3 Å². The highest BCUT2D eigenvalue weighted by molar-refractivity contribution is 7.15. The van der Waals surface area contributed by atoms with E-state index in [-0.39, 0.29) is 6.09 Å². The fourth-order valence-electron chi connectivity index (χ4n) is 2.22. The summed E-state index contributed by atoms with van der Waals surface area (Å²) in [5.41, 5.74) is 0. The Morgan fingerprint density at radius 1 is 1.38 bits per heavy atom. The lowest BCUT2D eigenvalue weighted by Gasteiger charge is -2.33. The summed E-state index contributed by atoms with van der Waals surface area (Å²) >= 11 is 1.71. The van der Waals surface area contributed by atoms with Crippen LogP contribution in [0.4, 0.5) is 9.93 Å². The van der Waals surface area contributed by atoms with E-state index in [1.54, 1.807) is 16.2 Å². The van der Waals surface area contributed by atoms with Gasteiger partial charge in [-0.3, -0.25) is 4.90 Å². The summed E-state index contributed by atoms with van der Waals surface area (Å²) in [5, 5.41) is 4.30. The van der Waals surface area contributed by atoms with Gasteiger partial charge in [0.2, 0.25) is 0 Å². The lowest BCUT2D eigenvalue weighted by Crippen LogP contribution is -2.48. The van der Waals surface area contributed by atoms with Gasteiger partial charge in [0.15, 0.2) is 5.13 Å². The van der Waals surface area contributed by atoms with Gasteiger partial charge in [0.25, 0.3) is 0 Å². The predicted octanol–water partition coefficient (Wildman–Crippen LogP) is 2.24. The van der Waals surface area contributed by atoms with E-state index < -0.39 is 0 Å². The van der Waals surface area contributed by atoms with E-state index >= 15 is 0 Å². The molecule has 1 fully saturated rings. The van der Waals surface area contributed by atoms with E-state index in [2.05, 4.69) is 22.1 Å². The standard InChI is InChI=1S/C14H24N4O2S/c1-3-5-15-13-16-10-12(21-13)11-17-6-8-18(9-7-17)14(19)20-4-2/h10H,3-9,11H2,1-2H3,(H,15,16). The van der Waals surface area contributed by atoms with Crippen LogP contribution >= 0.6 is 11.3 Å². The number of thiazole rings is 1. The molecule has 0 saturated carbocycles. The Bertz CT molecular complexity index is 444. The first-order valence-electron chi connectivity index (χ1n) is 7.55. The van der Waals surface area contributed by atoms with Crippen molar-refractivity contribution >= 4 is 22.6 Å². The van der Waals surface area contributed by atoms with Crippen LogP contribution in [0, 0.1) is 0 Å². The summed E-state index contributed by atoms with van der Waals surface area (Å²) in [7, 11) is 0. The lowest BCUT2D eigenvalue weighted by atomic mass is 10.3. The summed E-state index contributed by atoms with van der Waals surface area (Å²) in [4.78, 5) is 21.4. The van der Waals surface area contributed by atoms with E-state index in [1.165, 1.54) is 4.88 Å². The van der Waals surface area contributed by atoms with Gasteiger partial charge in [0, 0.05) is 50.3 Å². The number of amides is 1. The van der Waals surface area contributed by atoms with Gasteiger partial charge in [-0.1, -0.05) is 6.92 Å². The van der Waals surface area contributed by atoms with Gasteiger partial charge in [-0.15, -0.1) is 11.3 Å². The molecule has 0 aliphatic carbocycles. The monoisotopic (exact) mass is 312 g/mol. The molecule has 0 bridgehead atoms. The summed E-state index contributed by atoms with van der Waals surface area (Å²) < 4.78 is 5.03. The third-order valence-corrected chi connectivity index (χ3v) is 4.30. The van der Waals surface area contributed by atoms with Crippen LogP contribution in [-0.2, 0) is 11.3 Å². The Labute approximate surface area is 130 Å². The minimum atomic E-state index is -0.194. The number of aromatic nitrogens is 1. The molecule has 0 radical (unpaired) electrons. The first kappa shape index (κ1) is 16.0. The van der Waals surface area contributed by atoms with Gasteiger partial charge < -0.3 is 15.0 Å². The second-order valence-electron chi connectivity index (χ2n) is 5.02. The molecular formula is C14H24N4O2S. The van der Waals surface area contributed by atoms with Crippen LogP contribution in [0.5, 0.6) is 0 Å². The summed E-state index contributed by atoms with van der Waals surface area (Å²) in [6, 6.07) is 0. The number of hydrogen-bond acceptors (Lipinski definition) is 6. The smallest absolute Gasteiger partial charge is 0.409 e. The number of anilines is 1. The molecular weight excluding hydrogens is 288 g/mol. The van der Waals surface area contributed by atoms with E-state index in [0.29, 0.717) is 6.61 Å². The van der Waals surface area contributed by atoms with Crippen molar-refractivity contribution in [3.05, 3.63) is 11.1 Å². The molecule has 0 spiro atoms. The number of carbonyl (C=O) groups excluding carboxylic acids is 1. The van der Waals surface area contributed by atoms with Gasteiger partial charge in [0.05, 0.1) is 6.61 Å².